The second kappa shape index (κ2) is 5.93. The van der Waals surface area contributed by atoms with Gasteiger partial charge in [0, 0.05) is 6.54 Å². The number of hydrogen-bond acceptors (Lipinski definition) is 3. The van der Waals surface area contributed by atoms with Crippen LogP contribution in [0.2, 0.25) is 0 Å². The number of hydrogen-bond donors (Lipinski definition) is 1. The molecular weight excluding hydrogens is 324 g/mol. The first-order valence-electron chi connectivity index (χ1n) is 9.88. The first kappa shape index (κ1) is 16.0. The Morgan fingerprint density at radius 2 is 1.69 bits per heavy atom. The lowest BCUT2D eigenvalue weighted by Gasteiger charge is -2.56. The molecule has 0 radical (unpaired) electrons. The molecule has 0 unspecified atom stereocenters. The SMILES string of the molecule is Cc1nn(-c2ccccc2)nc1C(=O)NCC12CC3CC(CC(C3)C1)C2. The second-order valence-electron chi connectivity index (χ2n) is 8.86. The highest BCUT2D eigenvalue weighted by Crippen LogP contribution is 2.59. The Kier molecular flexibility index (Phi) is 3.66. The highest BCUT2D eigenvalue weighted by atomic mass is 16.2. The van der Waals surface area contributed by atoms with Crippen molar-refractivity contribution in [1.29, 1.82) is 0 Å². The number of nitrogens with one attached hydrogen (secondary N) is 1. The zero-order valence-electron chi connectivity index (χ0n) is 15.3. The fraction of sp³-hybridized carbons (Fsp3) is 0.571. The third-order valence-electron chi connectivity index (χ3n) is 6.77. The Balaban J connectivity index is 1.30. The first-order valence-corrected chi connectivity index (χ1v) is 9.88. The molecule has 1 heterocycles. The zero-order chi connectivity index (χ0) is 17.7. The zero-order valence-corrected chi connectivity index (χ0v) is 15.3. The molecule has 1 aromatic carbocycles. The number of amides is 1. The largest absolute Gasteiger partial charge is 0.350 e. The quantitative estimate of drug-likeness (QED) is 0.918. The summed E-state index contributed by atoms with van der Waals surface area (Å²) in [6.45, 7) is 2.65. The van der Waals surface area contributed by atoms with E-state index >= 15 is 0 Å². The van der Waals surface area contributed by atoms with Gasteiger partial charge in [0.1, 0.15) is 0 Å². The Morgan fingerprint density at radius 1 is 1.08 bits per heavy atom. The normalized spacial score (nSPS) is 32.0. The first-order chi connectivity index (χ1) is 12.6. The van der Waals surface area contributed by atoms with Crippen molar-refractivity contribution in [1.82, 2.24) is 20.3 Å². The van der Waals surface area contributed by atoms with Gasteiger partial charge in [0.2, 0.25) is 0 Å². The van der Waals surface area contributed by atoms with Gasteiger partial charge in [-0.3, -0.25) is 4.79 Å². The lowest BCUT2D eigenvalue weighted by Crippen LogP contribution is -2.51. The summed E-state index contributed by atoms with van der Waals surface area (Å²) in [5.41, 5.74) is 2.33. The Hall–Kier alpha value is -2.17. The smallest absolute Gasteiger partial charge is 0.273 e. The molecule has 4 aliphatic carbocycles. The topological polar surface area (TPSA) is 59.8 Å². The molecule has 6 rings (SSSR count). The van der Waals surface area contributed by atoms with E-state index in [4.69, 9.17) is 0 Å². The minimum Gasteiger partial charge on any atom is -0.350 e. The maximum absolute atomic E-state index is 12.8. The van der Waals surface area contributed by atoms with Crippen molar-refractivity contribution in [2.24, 2.45) is 23.2 Å². The van der Waals surface area contributed by atoms with Crippen LogP contribution < -0.4 is 5.32 Å². The molecule has 4 bridgehead atoms. The predicted molar refractivity (Wildman–Crippen MR) is 99.0 cm³/mol. The molecule has 4 aliphatic rings. The highest BCUT2D eigenvalue weighted by Gasteiger charge is 2.50. The van der Waals surface area contributed by atoms with E-state index in [9.17, 15) is 4.79 Å². The number of para-hydroxylation sites is 1. The molecule has 0 aliphatic heterocycles. The number of aryl methyl sites for hydroxylation is 1. The van der Waals surface area contributed by atoms with Crippen LogP contribution >= 0.6 is 0 Å². The Labute approximate surface area is 154 Å². The number of aromatic nitrogens is 3. The van der Waals surface area contributed by atoms with Crippen LogP contribution in [-0.2, 0) is 0 Å². The number of carbonyl (C=O) groups is 1. The van der Waals surface area contributed by atoms with E-state index in [0.29, 0.717) is 16.8 Å². The van der Waals surface area contributed by atoms with Crippen LogP contribution in [0.4, 0.5) is 0 Å². The van der Waals surface area contributed by atoms with Crippen LogP contribution in [0.1, 0.15) is 54.7 Å². The van der Waals surface area contributed by atoms with Gasteiger partial charge in [0.05, 0.1) is 11.4 Å². The van der Waals surface area contributed by atoms with E-state index in [2.05, 4.69) is 15.5 Å². The molecule has 4 saturated carbocycles. The van der Waals surface area contributed by atoms with Crippen LogP contribution in [0.5, 0.6) is 0 Å². The standard InChI is InChI=1S/C21H26N4O/c1-14-19(24-25(23-14)18-5-3-2-4-6-18)20(26)22-13-21-10-15-7-16(11-21)9-17(8-15)12-21/h2-6,15-17H,7-13H2,1H3,(H,22,26). The van der Waals surface area contributed by atoms with E-state index in [0.717, 1.165) is 30.0 Å². The molecule has 0 spiro atoms. The van der Waals surface area contributed by atoms with Crippen molar-refractivity contribution < 1.29 is 4.79 Å². The van der Waals surface area contributed by atoms with Crippen molar-refractivity contribution in [3.63, 3.8) is 0 Å². The average molecular weight is 350 g/mol. The maximum atomic E-state index is 12.8. The van der Waals surface area contributed by atoms with Crippen molar-refractivity contribution >= 4 is 5.91 Å². The predicted octanol–water partition coefficient (Wildman–Crippen LogP) is 3.52. The van der Waals surface area contributed by atoms with Crippen molar-refractivity contribution in [2.45, 2.75) is 45.4 Å². The molecule has 1 aromatic heterocycles. The van der Waals surface area contributed by atoms with Crippen molar-refractivity contribution in [3.05, 3.63) is 41.7 Å². The fourth-order valence-electron chi connectivity index (χ4n) is 6.12. The van der Waals surface area contributed by atoms with Gasteiger partial charge in [0.15, 0.2) is 5.69 Å². The average Bonchev–Trinajstić information content (AvgIpc) is 3.01. The van der Waals surface area contributed by atoms with Crippen LogP contribution in [0.3, 0.4) is 0 Å². The van der Waals surface area contributed by atoms with Gasteiger partial charge in [-0.2, -0.15) is 9.90 Å². The fourth-order valence-corrected chi connectivity index (χ4v) is 6.12. The molecule has 1 N–H and O–H groups in total. The minimum absolute atomic E-state index is 0.0829. The van der Waals surface area contributed by atoms with Gasteiger partial charge in [-0.05, 0) is 80.8 Å². The molecule has 0 saturated heterocycles. The third kappa shape index (κ3) is 2.74. The summed E-state index contributed by atoms with van der Waals surface area (Å²) in [5, 5.41) is 12.1. The van der Waals surface area contributed by atoms with Gasteiger partial charge in [-0.1, -0.05) is 18.2 Å². The van der Waals surface area contributed by atoms with E-state index in [1.165, 1.54) is 38.5 Å². The summed E-state index contributed by atoms with van der Waals surface area (Å²) in [4.78, 5) is 14.3. The monoisotopic (exact) mass is 350 g/mol. The van der Waals surface area contributed by atoms with Crippen LogP contribution in [-0.4, -0.2) is 27.4 Å². The Morgan fingerprint density at radius 3 is 2.31 bits per heavy atom. The van der Waals surface area contributed by atoms with Crippen LogP contribution in [0.25, 0.3) is 5.69 Å². The van der Waals surface area contributed by atoms with Crippen LogP contribution in [0.15, 0.2) is 30.3 Å². The summed E-state index contributed by atoms with van der Waals surface area (Å²) >= 11 is 0. The van der Waals surface area contributed by atoms with E-state index < -0.39 is 0 Å². The summed E-state index contributed by atoms with van der Waals surface area (Å²) in [7, 11) is 0. The van der Waals surface area contributed by atoms with Crippen LogP contribution in [0, 0.1) is 30.1 Å². The summed E-state index contributed by atoms with van der Waals surface area (Å²) in [6, 6.07) is 9.73. The third-order valence-corrected chi connectivity index (χ3v) is 6.77. The van der Waals surface area contributed by atoms with E-state index in [1.54, 1.807) is 4.80 Å². The second-order valence-corrected chi connectivity index (χ2v) is 8.86. The van der Waals surface area contributed by atoms with Gasteiger partial charge in [-0.25, -0.2) is 0 Å². The number of nitrogens with zero attached hydrogens (tertiary/aromatic N) is 3. The molecular formula is C21H26N4O. The van der Waals surface area contributed by atoms with E-state index in [1.807, 2.05) is 37.3 Å². The molecule has 5 heteroatoms. The Bertz CT molecular complexity index is 791. The van der Waals surface area contributed by atoms with Gasteiger partial charge in [-0.15, -0.1) is 5.10 Å². The number of benzene rings is 1. The lowest BCUT2D eigenvalue weighted by molar-refractivity contribution is -0.0503. The van der Waals surface area contributed by atoms with Crippen molar-refractivity contribution in [2.75, 3.05) is 6.54 Å². The molecule has 136 valence electrons. The molecule has 0 atom stereocenters. The molecule has 26 heavy (non-hydrogen) atoms. The highest BCUT2D eigenvalue weighted by molar-refractivity contribution is 5.93. The number of carbonyl (C=O) groups excluding carboxylic acids is 1. The lowest BCUT2D eigenvalue weighted by atomic mass is 9.49. The number of rotatable bonds is 4. The van der Waals surface area contributed by atoms with Gasteiger partial charge < -0.3 is 5.32 Å². The molecule has 2 aromatic rings. The van der Waals surface area contributed by atoms with E-state index in [-0.39, 0.29) is 5.91 Å². The van der Waals surface area contributed by atoms with Gasteiger partial charge >= 0.3 is 0 Å². The van der Waals surface area contributed by atoms with Gasteiger partial charge in [0.25, 0.3) is 5.91 Å². The van der Waals surface area contributed by atoms with Crippen molar-refractivity contribution in [3.8, 4) is 5.69 Å². The molecule has 1 amide bonds. The summed E-state index contributed by atoms with van der Waals surface area (Å²) in [6.07, 6.45) is 8.19. The summed E-state index contributed by atoms with van der Waals surface area (Å²) in [5.74, 6) is 2.62. The minimum atomic E-state index is -0.0829. The maximum Gasteiger partial charge on any atom is 0.273 e. The summed E-state index contributed by atoms with van der Waals surface area (Å²) < 4.78 is 0. The molecule has 5 nitrogen and oxygen atoms in total. The molecule has 4 fully saturated rings.